The van der Waals surface area contributed by atoms with E-state index in [9.17, 15) is 19.5 Å². The molecule has 8 nitrogen and oxygen atoms in total. The molecule has 3 rings (SSSR count). The number of nitrogens with zero attached hydrogens (tertiary/aromatic N) is 3. The number of hydrogen-bond donors (Lipinski definition) is 2. The first-order chi connectivity index (χ1) is 13.3. The Morgan fingerprint density at radius 2 is 1.96 bits per heavy atom. The molecule has 0 aliphatic carbocycles. The second kappa shape index (κ2) is 7.73. The third-order valence-electron chi connectivity index (χ3n) is 5.63. The van der Waals surface area contributed by atoms with E-state index >= 15 is 0 Å². The van der Waals surface area contributed by atoms with Crippen LogP contribution >= 0.6 is 0 Å². The van der Waals surface area contributed by atoms with E-state index < -0.39 is 22.9 Å². The summed E-state index contributed by atoms with van der Waals surface area (Å²) in [5.74, 6) is -0.270. The number of carbonyl (C=O) groups is 1. The number of aliphatic hydroxyl groups excluding tert-OH is 1. The summed E-state index contributed by atoms with van der Waals surface area (Å²) < 4.78 is 1.19. The van der Waals surface area contributed by atoms with Gasteiger partial charge in [-0.05, 0) is 33.0 Å². The number of carbonyl (C=O) groups excluding carboxylic acids is 1. The number of nitrogens with one attached hydrogen (secondary N) is 1. The lowest BCUT2D eigenvalue weighted by atomic mass is 9.77. The van der Waals surface area contributed by atoms with Gasteiger partial charge < -0.3 is 10.0 Å². The van der Waals surface area contributed by atoms with Gasteiger partial charge in [0.05, 0.1) is 11.6 Å². The molecule has 1 aromatic carbocycles. The van der Waals surface area contributed by atoms with Crippen molar-refractivity contribution < 1.29 is 9.90 Å². The van der Waals surface area contributed by atoms with Crippen molar-refractivity contribution in [3.63, 3.8) is 0 Å². The van der Waals surface area contributed by atoms with E-state index in [1.807, 2.05) is 49.3 Å². The lowest BCUT2D eigenvalue weighted by molar-refractivity contribution is -0.141. The second-order valence-corrected chi connectivity index (χ2v) is 7.49. The van der Waals surface area contributed by atoms with Crippen molar-refractivity contribution in [1.29, 1.82) is 0 Å². The number of amides is 1. The van der Waals surface area contributed by atoms with E-state index in [1.165, 1.54) is 10.8 Å². The zero-order chi connectivity index (χ0) is 20.5. The number of rotatable bonds is 4. The molecule has 0 bridgehead atoms. The highest BCUT2D eigenvalue weighted by Gasteiger charge is 2.46. The Kier molecular flexibility index (Phi) is 5.53. The van der Waals surface area contributed by atoms with Gasteiger partial charge in [0.1, 0.15) is 6.54 Å². The fourth-order valence-electron chi connectivity index (χ4n) is 3.97. The number of H-pyrrole nitrogens is 1. The zero-order valence-corrected chi connectivity index (χ0v) is 16.4. The predicted molar refractivity (Wildman–Crippen MR) is 105 cm³/mol. The van der Waals surface area contributed by atoms with Crippen molar-refractivity contribution in [2.24, 2.45) is 0 Å². The number of β-amino-alcohol motifs (C(OH)–C–C–N with tert-alkyl or cyclic N) is 1. The fraction of sp³-hybridized carbons (Fsp3) is 0.450. The number of aromatic nitrogens is 2. The maximum absolute atomic E-state index is 12.7. The first-order valence-electron chi connectivity index (χ1n) is 9.25. The molecule has 28 heavy (non-hydrogen) atoms. The minimum Gasteiger partial charge on any atom is -0.389 e. The Morgan fingerprint density at radius 3 is 2.57 bits per heavy atom. The quantitative estimate of drug-likeness (QED) is 0.764. The summed E-state index contributed by atoms with van der Waals surface area (Å²) in [6.45, 7) is 2.03. The summed E-state index contributed by atoms with van der Waals surface area (Å²) >= 11 is 0. The Hall–Kier alpha value is -2.71. The molecule has 2 heterocycles. The third-order valence-corrected chi connectivity index (χ3v) is 5.63. The van der Waals surface area contributed by atoms with Crippen molar-refractivity contribution in [3.05, 3.63) is 68.5 Å². The zero-order valence-electron chi connectivity index (χ0n) is 16.4. The minimum atomic E-state index is -0.781. The largest absolute Gasteiger partial charge is 0.389 e. The van der Waals surface area contributed by atoms with Gasteiger partial charge in [-0.15, -0.1) is 0 Å². The summed E-state index contributed by atoms with van der Waals surface area (Å²) in [7, 11) is 3.85. The normalized spacial score (nSPS) is 22.5. The van der Waals surface area contributed by atoms with E-state index in [2.05, 4.69) is 4.98 Å². The minimum absolute atomic E-state index is 0.170. The Labute approximate surface area is 163 Å². The summed E-state index contributed by atoms with van der Waals surface area (Å²) in [4.78, 5) is 41.9. The van der Waals surface area contributed by atoms with Crippen LogP contribution < -0.4 is 11.2 Å². The van der Waals surface area contributed by atoms with Gasteiger partial charge in [-0.3, -0.25) is 24.0 Å². The average Bonchev–Trinajstić information content (AvgIpc) is 2.66. The first kappa shape index (κ1) is 20.0. The molecule has 1 aliphatic rings. The van der Waals surface area contributed by atoms with Crippen LogP contribution in [0.25, 0.3) is 0 Å². The van der Waals surface area contributed by atoms with Crippen molar-refractivity contribution in [1.82, 2.24) is 19.4 Å². The van der Waals surface area contributed by atoms with Crippen molar-refractivity contribution in [3.8, 4) is 0 Å². The number of aliphatic hydroxyl groups is 1. The number of likely N-dealkylation sites (N-methyl/N-ethyl adjacent to an activating group) is 1. The van der Waals surface area contributed by atoms with Gasteiger partial charge in [-0.1, -0.05) is 30.3 Å². The standard InChI is InChI=1S/C20H26N4O4/c1-14-11-24(19(28)21-18(14)27)13-17(26)23-10-9-20(22(2)3,16(25)12-23)15-7-5-4-6-8-15/h4-8,11,16,25H,9-10,12-13H2,1-3H3,(H,21,27,28)/t16-,20+/m1/s1. The van der Waals surface area contributed by atoms with Gasteiger partial charge in [-0.25, -0.2) is 4.79 Å². The highest BCUT2D eigenvalue weighted by molar-refractivity contribution is 5.76. The molecule has 2 aromatic rings. The highest BCUT2D eigenvalue weighted by Crippen LogP contribution is 2.37. The third kappa shape index (κ3) is 3.53. The summed E-state index contributed by atoms with van der Waals surface area (Å²) in [5.41, 5.74) is -0.285. The maximum Gasteiger partial charge on any atom is 0.328 e. The SMILES string of the molecule is Cc1cn(CC(=O)N2CC[C@@](c3ccccc3)(N(C)C)[C@H](O)C2)c(=O)[nH]c1=O. The molecule has 1 aliphatic heterocycles. The molecule has 1 amide bonds. The number of benzene rings is 1. The number of hydrogen-bond acceptors (Lipinski definition) is 5. The summed E-state index contributed by atoms with van der Waals surface area (Å²) in [6.07, 6.45) is 1.17. The number of aryl methyl sites for hydroxylation is 1. The van der Waals surface area contributed by atoms with Crippen LogP contribution in [-0.4, -0.2) is 63.7 Å². The molecular formula is C20H26N4O4. The van der Waals surface area contributed by atoms with Crippen LogP contribution in [0.1, 0.15) is 17.5 Å². The molecule has 1 saturated heterocycles. The fourth-order valence-corrected chi connectivity index (χ4v) is 3.97. The van der Waals surface area contributed by atoms with Crippen LogP contribution in [0.4, 0.5) is 0 Å². The van der Waals surface area contributed by atoms with Gasteiger partial charge in [-0.2, -0.15) is 0 Å². The van der Waals surface area contributed by atoms with Crippen LogP contribution in [0.15, 0.2) is 46.1 Å². The molecule has 150 valence electrons. The molecule has 2 atom stereocenters. The molecule has 0 radical (unpaired) electrons. The Bertz CT molecular complexity index is 966. The van der Waals surface area contributed by atoms with Crippen LogP contribution in [0, 0.1) is 6.92 Å². The first-order valence-corrected chi connectivity index (χ1v) is 9.25. The number of aromatic amines is 1. The van der Waals surface area contributed by atoms with Crippen LogP contribution in [0.3, 0.4) is 0 Å². The molecule has 2 N–H and O–H groups in total. The molecule has 0 saturated carbocycles. The van der Waals surface area contributed by atoms with Crippen molar-refractivity contribution in [2.75, 3.05) is 27.2 Å². The van der Waals surface area contributed by atoms with Crippen LogP contribution in [0.5, 0.6) is 0 Å². The predicted octanol–water partition coefficient (Wildman–Crippen LogP) is -0.105. The van der Waals surface area contributed by atoms with E-state index in [4.69, 9.17) is 0 Å². The number of likely N-dealkylation sites (tertiary alicyclic amines) is 1. The highest BCUT2D eigenvalue weighted by atomic mass is 16.3. The molecule has 0 spiro atoms. The van der Waals surface area contributed by atoms with Gasteiger partial charge in [0, 0.05) is 24.8 Å². The van der Waals surface area contributed by atoms with Gasteiger partial charge in [0.15, 0.2) is 0 Å². The molecule has 1 fully saturated rings. The Morgan fingerprint density at radius 1 is 1.29 bits per heavy atom. The molecule has 0 unspecified atom stereocenters. The summed E-state index contributed by atoms with van der Waals surface area (Å²) in [5, 5.41) is 11.0. The molecule has 1 aromatic heterocycles. The van der Waals surface area contributed by atoms with E-state index in [-0.39, 0.29) is 19.0 Å². The smallest absolute Gasteiger partial charge is 0.328 e. The maximum atomic E-state index is 12.7. The molecule has 8 heteroatoms. The van der Waals surface area contributed by atoms with Crippen molar-refractivity contribution >= 4 is 5.91 Å². The van der Waals surface area contributed by atoms with Crippen LogP contribution in [-0.2, 0) is 16.9 Å². The van der Waals surface area contributed by atoms with Crippen molar-refractivity contribution in [2.45, 2.75) is 31.5 Å². The van der Waals surface area contributed by atoms with Gasteiger partial charge >= 0.3 is 5.69 Å². The Balaban J connectivity index is 1.79. The van der Waals surface area contributed by atoms with Gasteiger partial charge in [0.2, 0.25) is 5.91 Å². The summed E-state index contributed by atoms with van der Waals surface area (Å²) in [6, 6.07) is 9.79. The number of piperidine rings is 1. The molecular weight excluding hydrogens is 360 g/mol. The van der Waals surface area contributed by atoms with E-state index in [0.717, 1.165) is 5.56 Å². The monoisotopic (exact) mass is 386 g/mol. The average molecular weight is 386 g/mol. The second-order valence-electron chi connectivity index (χ2n) is 7.49. The van der Waals surface area contributed by atoms with Crippen LogP contribution in [0.2, 0.25) is 0 Å². The topological polar surface area (TPSA) is 98.6 Å². The van der Waals surface area contributed by atoms with E-state index in [0.29, 0.717) is 18.5 Å². The lowest BCUT2D eigenvalue weighted by Gasteiger charge is -2.49. The van der Waals surface area contributed by atoms with E-state index in [1.54, 1.807) is 11.8 Å². The lowest BCUT2D eigenvalue weighted by Crippen LogP contribution is -2.61. The van der Waals surface area contributed by atoms with Gasteiger partial charge in [0.25, 0.3) is 5.56 Å².